The quantitative estimate of drug-likeness (QED) is 0.853. The fourth-order valence-corrected chi connectivity index (χ4v) is 1.83. The highest BCUT2D eigenvalue weighted by Gasteiger charge is 2.16. The van der Waals surface area contributed by atoms with Crippen LogP contribution < -0.4 is 5.32 Å². The zero-order valence-electron chi connectivity index (χ0n) is 11.1. The van der Waals surface area contributed by atoms with Gasteiger partial charge in [0.15, 0.2) is 0 Å². The number of aromatic nitrogens is 3. The standard InChI is InChI=1S/C13H17N5O/c1-3-15-12-8-14-5-4-11(12)13(19)18(2)9-10-6-16-17-7-10/h4-8,15H,3,9H2,1-2H3,(H,16,17). The molecule has 0 aromatic carbocycles. The topological polar surface area (TPSA) is 73.9 Å². The highest BCUT2D eigenvalue weighted by molar-refractivity contribution is 5.99. The lowest BCUT2D eigenvalue weighted by molar-refractivity contribution is 0.0786. The van der Waals surface area contributed by atoms with Crippen molar-refractivity contribution in [2.75, 3.05) is 18.9 Å². The molecule has 0 fully saturated rings. The van der Waals surface area contributed by atoms with Gasteiger partial charge in [-0.15, -0.1) is 0 Å². The second-order valence-corrected chi connectivity index (χ2v) is 4.22. The maximum atomic E-state index is 12.4. The highest BCUT2D eigenvalue weighted by Crippen LogP contribution is 2.16. The predicted molar refractivity (Wildman–Crippen MR) is 72.8 cm³/mol. The Bertz CT molecular complexity index is 538. The van der Waals surface area contributed by atoms with Crippen molar-refractivity contribution in [2.24, 2.45) is 0 Å². The first-order chi connectivity index (χ1) is 9.22. The van der Waals surface area contributed by atoms with Crippen molar-refractivity contribution < 1.29 is 4.79 Å². The number of nitrogens with zero attached hydrogens (tertiary/aromatic N) is 3. The number of aromatic amines is 1. The van der Waals surface area contributed by atoms with Gasteiger partial charge in [-0.05, 0) is 13.0 Å². The summed E-state index contributed by atoms with van der Waals surface area (Å²) < 4.78 is 0. The molecule has 0 atom stereocenters. The SMILES string of the molecule is CCNc1cnccc1C(=O)N(C)Cc1cn[nH]c1. The average molecular weight is 259 g/mol. The smallest absolute Gasteiger partial charge is 0.256 e. The second-order valence-electron chi connectivity index (χ2n) is 4.22. The van der Waals surface area contributed by atoms with Gasteiger partial charge in [0.2, 0.25) is 0 Å². The zero-order chi connectivity index (χ0) is 13.7. The van der Waals surface area contributed by atoms with Crippen LogP contribution in [0.2, 0.25) is 0 Å². The van der Waals surface area contributed by atoms with Crippen molar-refractivity contribution in [1.29, 1.82) is 0 Å². The minimum absolute atomic E-state index is 0.0421. The number of rotatable bonds is 5. The Balaban J connectivity index is 2.14. The highest BCUT2D eigenvalue weighted by atomic mass is 16.2. The predicted octanol–water partition coefficient (Wildman–Crippen LogP) is 1.51. The van der Waals surface area contributed by atoms with Crippen molar-refractivity contribution in [2.45, 2.75) is 13.5 Å². The van der Waals surface area contributed by atoms with Crippen LogP contribution in [0.1, 0.15) is 22.8 Å². The van der Waals surface area contributed by atoms with Gasteiger partial charge in [0.1, 0.15) is 0 Å². The van der Waals surface area contributed by atoms with Gasteiger partial charge in [-0.25, -0.2) is 0 Å². The summed E-state index contributed by atoms with van der Waals surface area (Å²) >= 11 is 0. The molecule has 100 valence electrons. The van der Waals surface area contributed by atoms with Gasteiger partial charge < -0.3 is 10.2 Å². The monoisotopic (exact) mass is 259 g/mol. The molecule has 2 N–H and O–H groups in total. The van der Waals surface area contributed by atoms with Crippen LogP contribution in [0.4, 0.5) is 5.69 Å². The Labute approximate surface area is 111 Å². The molecule has 1 amide bonds. The van der Waals surface area contributed by atoms with Gasteiger partial charge in [-0.1, -0.05) is 0 Å². The summed E-state index contributed by atoms with van der Waals surface area (Å²) in [4.78, 5) is 18.1. The summed E-state index contributed by atoms with van der Waals surface area (Å²) in [6.07, 6.45) is 6.78. The molecule has 2 heterocycles. The van der Waals surface area contributed by atoms with Crippen LogP contribution in [0.5, 0.6) is 0 Å². The van der Waals surface area contributed by atoms with Crippen molar-refractivity contribution >= 4 is 11.6 Å². The van der Waals surface area contributed by atoms with Crippen LogP contribution in [0, 0.1) is 0 Å². The van der Waals surface area contributed by atoms with Gasteiger partial charge in [0.05, 0.1) is 23.6 Å². The molecule has 19 heavy (non-hydrogen) atoms. The van der Waals surface area contributed by atoms with Crippen LogP contribution in [-0.2, 0) is 6.54 Å². The van der Waals surface area contributed by atoms with E-state index in [4.69, 9.17) is 0 Å². The molecule has 0 aliphatic heterocycles. The number of amides is 1. The number of anilines is 1. The second kappa shape index (κ2) is 5.99. The van der Waals surface area contributed by atoms with Gasteiger partial charge >= 0.3 is 0 Å². The molecular weight excluding hydrogens is 242 g/mol. The zero-order valence-corrected chi connectivity index (χ0v) is 11.1. The number of hydrogen-bond acceptors (Lipinski definition) is 4. The van der Waals surface area contributed by atoms with E-state index < -0.39 is 0 Å². The van der Waals surface area contributed by atoms with E-state index in [2.05, 4.69) is 20.5 Å². The van der Waals surface area contributed by atoms with Crippen molar-refractivity contribution in [3.63, 3.8) is 0 Å². The molecule has 2 aromatic rings. The molecular formula is C13H17N5O. The summed E-state index contributed by atoms with van der Waals surface area (Å²) in [6.45, 7) is 3.25. The molecule has 0 aliphatic rings. The molecule has 0 unspecified atom stereocenters. The summed E-state index contributed by atoms with van der Waals surface area (Å²) in [5, 5.41) is 9.75. The summed E-state index contributed by atoms with van der Waals surface area (Å²) in [5.41, 5.74) is 2.35. The number of nitrogens with one attached hydrogen (secondary N) is 2. The Morgan fingerprint density at radius 1 is 1.47 bits per heavy atom. The minimum Gasteiger partial charge on any atom is -0.383 e. The summed E-state index contributed by atoms with van der Waals surface area (Å²) in [7, 11) is 1.77. The van der Waals surface area contributed by atoms with Gasteiger partial charge in [0.25, 0.3) is 5.91 Å². The maximum absolute atomic E-state index is 12.4. The van der Waals surface area contributed by atoms with Crippen LogP contribution in [0.25, 0.3) is 0 Å². The number of carbonyl (C=O) groups excluding carboxylic acids is 1. The Hall–Kier alpha value is -2.37. The number of carbonyl (C=O) groups is 1. The fraction of sp³-hybridized carbons (Fsp3) is 0.308. The van der Waals surface area contributed by atoms with Gasteiger partial charge in [-0.3, -0.25) is 14.9 Å². The lowest BCUT2D eigenvalue weighted by Crippen LogP contribution is -2.27. The summed E-state index contributed by atoms with van der Waals surface area (Å²) in [5.74, 6) is -0.0421. The van der Waals surface area contributed by atoms with Crippen molar-refractivity contribution in [1.82, 2.24) is 20.1 Å². The van der Waals surface area contributed by atoms with Gasteiger partial charge in [-0.2, -0.15) is 5.10 Å². The first kappa shape index (κ1) is 13.1. The molecule has 0 aliphatic carbocycles. The normalized spacial score (nSPS) is 10.2. The van der Waals surface area contributed by atoms with E-state index >= 15 is 0 Å². The summed E-state index contributed by atoms with van der Waals surface area (Å²) in [6, 6.07) is 1.73. The lowest BCUT2D eigenvalue weighted by atomic mass is 10.2. The van der Waals surface area contributed by atoms with Crippen LogP contribution in [-0.4, -0.2) is 39.6 Å². The van der Waals surface area contributed by atoms with Gasteiger partial charge in [0, 0.05) is 38.1 Å². The molecule has 0 saturated heterocycles. The molecule has 0 spiro atoms. The first-order valence-corrected chi connectivity index (χ1v) is 6.13. The van der Waals surface area contributed by atoms with Crippen LogP contribution in [0.15, 0.2) is 30.9 Å². The van der Waals surface area contributed by atoms with Crippen molar-refractivity contribution in [3.05, 3.63) is 42.0 Å². The van der Waals surface area contributed by atoms with Crippen LogP contribution >= 0.6 is 0 Å². The van der Waals surface area contributed by atoms with E-state index in [1.54, 1.807) is 42.8 Å². The third-order valence-electron chi connectivity index (χ3n) is 2.74. The van der Waals surface area contributed by atoms with Crippen molar-refractivity contribution in [3.8, 4) is 0 Å². The lowest BCUT2D eigenvalue weighted by Gasteiger charge is -2.18. The van der Waals surface area contributed by atoms with Crippen LogP contribution in [0.3, 0.4) is 0 Å². The Morgan fingerprint density at radius 2 is 2.32 bits per heavy atom. The Morgan fingerprint density at radius 3 is 3.00 bits per heavy atom. The molecule has 0 bridgehead atoms. The molecule has 0 radical (unpaired) electrons. The number of pyridine rings is 1. The fourth-order valence-electron chi connectivity index (χ4n) is 1.83. The number of H-pyrrole nitrogens is 1. The molecule has 0 saturated carbocycles. The number of hydrogen-bond donors (Lipinski definition) is 2. The van der Waals surface area contributed by atoms with E-state index in [0.717, 1.165) is 17.8 Å². The third kappa shape index (κ3) is 3.09. The average Bonchev–Trinajstić information content (AvgIpc) is 2.92. The van der Waals surface area contributed by atoms with E-state index in [9.17, 15) is 4.79 Å². The van der Waals surface area contributed by atoms with E-state index in [1.165, 1.54) is 0 Å². The molecule has 2 rings (SSSR count). The van der Waals surface area contributed by atoms with E-state index in [-0.39, 0.29) is 5.91 Å². The van der Waals surface area contributed by atoms with E-state index in [0.29, 0.717) is 12.1 Å². The minimum atomic E-state index is -0.0421. The molecule has 6 heteroatoms. The van der Waals surface area contributed by atoms with E-state index in [1.807, 2.05) is 6.92 Å². The third-order valence-corrected chi connectivity index (χ3v) is 2.74. The molecule has 6 nitrogen and oxygen atoms in total. The molecule has 2 aromatic heterocycles. The Kier molecular flexibility index (Phi) is 4.12. The maximum Gasteiger partial charge on any atom is 0.256 e. The first-order valence-electron chi connectivity index (χ1n) is 6.13. The largest absolute Gasteiger partial charge is 0.383 e.